The van der Waals surface area contributed by atoms with Gasteiger partial charge in [-0.3, -0.25) is 0 Å². The topological polar surface area (TPSA) is 0 Å². The summed E-state index contributed by atoms with van der Waals surface area (Å²) in [5.74, 6) is -0.552. The molecule has 0 heterocycles. The molecule has 0 saturated carbocycles. The van der Waals surface area contributed by atoms with Gasteiger partial charge in [0.2, 0.25) is 0 Å². The molecule has 0 aromatic rings. The summed E-state index contributed by atoms with van der Waals surface area (Å²) in [6.07, 6.45) is -4.32. The minimum atomic E-state index is -4.32. The highest BCUT2D eigenvalue weighted by molar-refractivity contribution is 6.19. The third-order valence-electron chi connectivity index (χ3n) is 0.562. The van der Waals surface area contributed by atoms with E-state index in [1.165, 1.54) is 0 Å². The lowest BCUT2D eigenvalue weighted by Gasteiger charge is -2.04. The molecule has 0 fully saturated rings. The highest BCUT2D eigenvalue weighted by atomic mass is 35.5. The standard InChI is InChI=1S/C4H4ClF3/c1-3(2-5)4(6,7)8/h1-2H2. The Morgan fingerprint density at radius 1 is 1.50 bits per heavy atom. The number of alkyl halides is 4. The number of halogens is 4. The monoisotopic (exact) mass is 144 g/mol. The Bertz CT molecular complexity index is 93.9. The fourth-order valence-corrected chi connectivity index (χ4v) is 0.227. The summed E-state index contributed by atoms with van der Waals surface area (Å²) in [6.45, 7) is 2.69. The minimum Gasteiger partial charge on any atom is -0.166 e. The van der Waals surface area contributed by atoms with Crippen LogP contribution in [0.5, 0.6) is 0 Å². The summed E-state index contributed by atoms with van der Waals surface area (Å²) < 4.78 is 33.8. The third-order valence-corrected chi connectivity index (χ3v) is 0.885. The number of allylic oxidation sites excluding steroid dienone is 1. The highest BCUT2D eigenvalue weighted by Gasteiger charge is 2.30. The molecule has 0 aliphatic rings. The average molecular weight is 145 g/mol. The molecule has 0 aromatic heterocycles. The van der Waals surface area contributed by atoms with Gasteiger partial charge in [0, 0.05) is 5.57 Å². The maximum atomic E-state index is 11.3. The van der Waals surface area contributed by atoms with E-state index in [4.69, 9.17) is 11.6 Å². The fraction of sp³-hybridized carbons (Fsp3) is 0.500. The van der Waals surface area contributed by atoms with Crippen LogP contribution in [0.25, 0.3) is 0 Å². The maximum Gasteiger partial charge on any atom is 0.413 e. The van der Waals surface area contributed by atoms with E-state index in [2.05, 4.69) is 6.58 Å². The molecule has 0 atom stereocenters. The molecule has 0 amide bonds. The van der Waals surface area contributed by atoms with Gasteiger partial charge in [-0.1, -0.05) is 6.58 Å². The first-order valence-corrected chi connectivity index (χ1v) is 2.33. The Balaban J connectivity index is 3.82. The van der Waals surface area contributed by atoms with Crippen molar-refractivity contribution >= 4 is 11.6 Å². The number of hydrogen-bond donors (Lipinski definition) is 0. The van der Waals surface area contributed by atoms with Gasteiger partial charge in [-0.05, 0) is 0 Å². The quantitative estimate of drug-likeness (QED) is 0.392. The average Bonchev–Trinajstić information content (AvgIpc) is 1.62. The largest absolute Gasteiger partial charge is 0.413 e. The zero-order valence-corrected chi connectivity index (χ0v) is 4.68. The van der Waals surface area contributed by atoms with Gasteiger partial charge in [0.1, 0.15) is 0 Å². The molecule has 0 N–H and O–H groups in total. The van der Waals surface area contributed by atoms with E-state index in [0.29, 0.717) is 0 Å². The van der Waals surface area contributed by atoms with Crippen LogP contribution < -0.4 is 0 Å². The van der Waals surface area contributed by atoms with Gasteiger partial charge in [0.05, 0.1) is 5.88 Å². The summed E-state index contributed by atoms with van der Waals surface area (Å²) in [5.41, 5.74) is -0.904. The van der Waals surface area contributed by atoms with Crippen molar-refractivity contribution in [1.82, 2.24) is 0 Å². The fourth-order valence-electron chi connectivity index (χ4n) is 0.0758. The van der Waals surface area contributed by atoms with Gasteiger partial charge >= 0.3 is 6.18 Å². The molecule has 8 heavy (non-hydrogen) atoms. The lowest BCUT2D eigenvalue weighted by molar-refractivity contribution is -0.0904. The molecule has 4 heteroatoms. The van der Waals surface area contributed by atoms with Crippen LogP contribution in [-0.2, 0) is 0 Å². The van der Waals surface area contributed by atoms with Gasteiger partial charge in [-0.2, -0.15) is 13.2 Å². The van der Waals surface area contributed by atoms with Crippen LogP contribution in [0.15, 0.2) is 12.2 Å². The Morgan fingerprint density at radius 3 is 1.88 bits per heavy atom. The Labute approximate surface area is 49.9 Å². The predicted octanol–water partition coefficient (Wildman–Crippen LogP) is 2.34. The molecule has 0 saturated heterocycles. The lowest BCUT2D eigenvalue weighted by atomic mass is 10.3. The van der Waals surface area contributed by atoms with Crippen LogP contribution >= 0.6 is 11.6 Å². The molecule has 48 valence electrons. The summed E-state index contributed by atoms with van der Waals surface area (Å²) >= 11 is 4.82. The zero-order valence-electron chi connectivity index (χ0n) is 3.93. The SMILES string of the molecule is C=C(CCl)C(F)(F)F. The van der Waals surface area contributed by atoms with Crippen molar-refractivity contribution < 1.29 is 13.2 Å². The van der Waals surface area contributed by atoms with Gasteiger partial charge < -0.3 is 0 Å². The first-order valence-electron chi connectivity index (χ1n) is 1.79. The predicted molar refractivity (Wildman–Crippen MR) is 25.9 cm³/mol. The molecule has 0 bridgehead atoms. The second-order valence-corrected chi connectivity index (χ2v) is 1.50. The Morgan fingerprint density at radius 2 is 1.88 bits per heavy atom. The van der Waals surface area contributed by atoms with Crippen molar-refractivity contribution in [3.05, 3.63) is 12.2 Å². The first-order chi connectivity index (χ1) is 3.48. The van der Waals surface area contributed by atoms with E-state index in [9.17, 15) is 13.2 Å². The van der Waals surface area contributed by atoms with E-state index in [1.807, 2.05) is 0 Å². The molecule has 0 radical (unpaired) electrons. The Hall–Kier alpha value is -0.180. The van der Waals surface area contributed by atoms with E-state index < -0.39 is 17.6 Å². The summed E-state index contributed by atoms with van der Waals surface area (Å²) in [4.78, 5) is 0. The lowest BCUT2D eigenvalue weighted by Crippen LogP contribution is -2.11. The third kappa shape index (κ3) is 2.21. The molecule has 0 aromatic carbocycles. The molecular formula is C4H4ClF3. The molecule has 0 aliphatic carbocycles. The van der Waals surface area contributed by atoms with Crippen molar-refractivity contribution in [2.75, 3.05) is 5.88 Å². The summed E-state index contributed by atoms with van der Waals surface area (Å²) in [7, 11) is 0. The second-order valence-electron chi connectivity index (χ2n) is 1.23. The number of hydrogen-bond acceptors (Lipinski definition) is 0. The van der Waals surface area contributed by atoms with E-state index in [-0.39, 0.29) is 0 Å². The molecular weight excluding hydrogens is 140 g/mol. The van der Waals surface area contributed by atoms with Crippen LogP contribution in [-0.4, -0.2) is 12.1 Å². The molecule has 0 aliphatic heterocycles. The van der Waals surface area contributed by atoms with Crippen molar-refractivity contribution in [1.29, 1.82) is 0 Å². The molecule has 0 nitrogen and oxygen atoms in total. The van der Waals surface area contributed by atoms with Gasteiger partial charge in [0.25, 0.3) is 0 Å². The molecule has 0 unspecified atom stereocenters. The van der Waals surface area contributed by atoms with Crippen LogP contribution in [0.1, 0.15) is 0 Å². The normalized spacial score (nSPS) is 11.5. The van der Waals surface area contributed by atoms with Gasteiger partial charge in [-0.15, -0.1) is 11.6 Å². The Kier molecular flexibility index (Phi) is 2.34. The highest BCUT2D eigenvalue weighted by Crippen LogP contribution is 2.24. The van der Waals surface area contributed by atoms with Crippen molar-refractivity contribution in [2.24, 2.45) is 0 Å². The van der Waals surface area contributed by atoms with E-state index in [0.717, 1.165) is 0 Å². The van der Waals surface area contributed by atoms with E-state index in [1.54, 1.807) is 0 Å². The van der Waals surface area contributed by atoms with Crippen molar-refractivity contribution in [2.45, 2.75) is 6.18 Å². The molecule has 0 rings (SSSR count). The second kappa shape index (κ2) is 2.40. The van der Waals surface area contributed by atoms with Gasteiger partial charge in [0.15, 0.2) is 0 Å². The van der Waals surface area contributed by atoms with Crippen LogP contribution in [0.4, 0.5) is 13.2 Å². The summed E-state index contributed by atoms with van der Waals surface area (Å²) in [6, 6.07) is 0. The smallest absolute Gasteiger partial charge is 0.166 e. The van der Waals surface area contributed by atoms with Crippen LogP contribution in [0, 0.1) is 0 Å². The van der Waals surface area contributed by atoms with Crippen LogP contribution in [0.2, 0.25) is 0 Å². The minimum absolute atomic E-state index is 0.552. The van der Waals surface area contributed by atoms with Crippen LogP contribution in [0.3, 0.4) is 0 Å². The molecule has 0 spiro atoms. The maximum absolute atomic E-state index is 11.3. The van der Waals surface area contributed by atoms with Gasteiger partial charge in [-0.25, -0.2) is 0 Å². The summed E-state index contributed by atoms with van der Waals surface area (Å²) in [5, 5.41) is 0. The van der Waals surface area contributed by atoms with Crippen molar-refractivity contribution in [3.8, 4) is 0 Å². The zero-order chi connectivity index (χ0) is 6.78. The van der Waals surface area contributed by atoms with E-state index >= 15 is 0 Å². The first kappa shape index (κ1) is 7.82. The number of rotatable bonds is 1. The van der Waals surface area contributed by atoms with Crippen molar-refractivity contribution in [3.63, 3.8) is 0 Å².